The van der Waals surface area contributed by atoms with Crippen molar-refractivity contribution in [1.29, 1.82) is 0 Å². The second kappa shape index (κ2) is 4.80. The van der Waals surface area contributed by atoms with E-state index >= 15 is 0 Å². The Balaban J connectivity index is 2.20. The fourth-order valence-electron chi connectivity index (χ4n) is 1.27. The van der Waals surface area contributed by atoms with Gasteiger partial charge in [0.05, 0.1) is 15.6 Å². The van der Waals surface area contributed by atoms with Crippen molar-refractivity contribution in [3.8, 4) is 0 Å². The Bertz CT molecular complexity index is 543. The summed E-state index contributed by atoms with van der Waals surface area (Å²) < 4.78 is 0. The quantitative estimate of drug-likeness (QED) is 0.669. The van der Waals surface area contributed by atoms with Crippen LogP contribution in [0.3, 0.4) is 0 Å². The van der Waals surface area contributed by atoms with Crippen molar-refractivity contribution >= 4 is 28.8 Å². The van der Waals surface area contributed by atoms with Crippen molar-refractivity contribution in [1.82, 2.24) is 4.98 Å². The number of halogens is 1. The molecule has 2 aromatic rings. The summed E-state index contributed by atoms with van der Waals surface area (Å²) in [4.78, 5) is 13.9. The van der Waals surface area contributed by atoms with Crippen molar-refractivity contribution in [3.63, 3.8) is 0 Å². The largest absolute Gasteiger partial charge is 0.339 e. The van der Waals surface area contributed by atoms with E-state index in [0.29, 0.717) is 16.5 Å². The molecule has 0 fully saturated rings. The third kappa shape index (κ3) is 2.70. The number of hydrogen-bond donors (Lipinski definition) is 1. The molecule has 0 bridgehead atoms. The molecule has 5 nitrogen and oxygen atoms in total. The summed E-state index contributed by atoms with van der Waals surface area (Å²) in [6.45, 7) is 0. The van der Waals surface area contributed by atoms with Crippen LogP contribution in [-0.2, 0) is 0 Å². The van der Waals surface area contributed by atoms with Gasteiger partial charge in [-0.1, -0.05) is 23.7 Å². The first kappa shape index (κ1) is 11.3. The maximum Gasteiger partial charge on any atom is 0.287 e. The maximum atomic E-state index is 10.4. The van der Waals surface area contributed by atoms with Gasteiger partial charge in [-0.15, -0.1) is 0 Å². The Hall–Kier alpha value is -2.14. The van der Waals surface area contributed by atoms with Gasteiger partial charge in [0.25, 0.3) is 5.69 Å². The first-order chi connectivity index (χ1) is 8.16. The van der Waals surface area contributed by atoms with Crippen LogP contribution in [-0.4, -0.2) is 9.91 Å². The summed E-state index contributed by atoms with van der Waals surface area (Å²) in [6.07, 6.45) is 1.19. The Morgan fingerprint density at radius 2 is 2.00 bits per heavy atom. The number of anilines is 2. The number of nitrogens with zero attached hydrogens (tertiary/aromatic N) is 2. The topological polar surface area (TPSA) is 68.1 Å². The molecule has 1 heterocycles. The molecule has 0 spiro atoms. The van der Waals surface area contributed by atoms with Crippen molar-refractivity contribution in [2.45, 2.75) is 0 Å². The number of para-hydroxylation sites is 1. The lowest BCUT2D eigenvalue weighted by Gasteiger charge is -2.06. The number of pyridine rings is 1. The second-order valence-corrected chi connectivity index (χ2v) is 3.67. The van der Waals surface area contributed by atoms with Gasteiger partial charge in [-0.05, 0) is 18.2 Å². The number of nitro groups is 1. The molecule has 0 atom stereocenters. The lowest BCUT2D eigenvalue weighted by Crippen LogP contribution is -1.95. The molecule has 0 aliphatic carbocycles. The Labute approximate surface area is 102 Å². The van der Waals surface area contributed by atoms with Gasteiger partial charge >= 0.3 is 0 Å². The summed E-state index contributed by atoms with van der Waals surface area (Å²) >= 11 is 5.96. The predicted octanol–water partition coefficient (Wildman–Crippen LogP) is 3.39. The normalized spacial score (nSPS) is 9.94. The van der Waals surface area contributed by atoms with E-state index < -0.39 is 4.92 Å². The van der Waals surface area contributed by atoms with Crippen LogP contribution in [0.5, 0.6) is 0 Å². The molecule has 0 amide bonds. The average molecular weight is 250 g/mol. The number of benzene rings is 1. The summed E-state index contributed by atoms with van der Waals surface area (Å²) in [5.74, 6) is 0.503. The predicted molar refractivity (Wildman–Crippen MR) is 65.6 cm³/mol. The number of nitrogens with one attached hydrogen (secondary N) is 1. The van der Waals surface area contributed by atoms with E-state index in [1.165, 1.54) is 18.3 Å². The summed E-state index contributed by atoms with van der Waals surface area (Å²) in [5.41, 5.74) is 0.658. The van der Waals surface area contributed by atoms with Crippen LogP contribution in [0.25, 0.3) is 0 Å². The van der Waals surface area contributed by atoms with Gasteiger partial charge in [-0.25, -0.2) is 4.98 Å². The first-order valence-electron chi connectivity index (χ1n) is 4.79. The highest BCUT2D eigenvalue weighted by Crippen LogP contribution is 2.24. The zero-order chi connectivity index (χ0) is 12.3. The van der Waals surface area contributed by atoms with Gasteiger partial charge in [0.1, 0.15) is 12.0 Å². The van der Waals surface area contributed by atoms with E-state index in [1.807, 2.05) is 12.1 Å². The van der Waals surface area contributed by atoms with Crippen LogP contribution < -0.4 is 5.32 Å². The van der Waals surface area contributed by atoms with Crippen molar-refractivity contribution in [2.24, 2.45) is 0 Å². The highest BCUT2D eigenvalue weighted by molar-refractivity contribution is 6.33. The van der Waals surface area contributed by atoms with Crippen LogP contribution in [0.1, 0.15) is 0 Å². The van der Waals surface area contributed by atoms with Crippen LogP contribution in [0.4, 0.5) is 17.2 Å². The zero-order valence-corrected chi connectivity index (χ0v) is 9.39. The van der Waals surface area contributed by atoms with E-state index in [-0.39, 0.29) is 5.69 Å². The molecule has 17 heavy (non-hydrogen) atoms. The van der Waals surface area contributed by atoms with Crippen LogP contribution in [0.2, 0.25) is 5.02 Å². The average Bonchev–Trinajstić information content (AvgIpc) is 2.33. The van der Waals surface area contributed by atoms with E-state index in [9.17, 15) is 10.1 Å². The fraction of sp³-hybridized carbons (Fsp3) is 0. The van der Waals surface area contributed by atoms with Gasteiger partial charge in [-0.3, -0.25) is 10.1 Å². The molecule has 1 N–H and O–H groups in total. The molecule has 0 saturated carbocycles. The molecule has 0 aliphatic heterocycles. The molecule has 1 aromatic heterocycles. The molecule has 0 unspecified atom stereocenters. The Morgan fingerprint density at radius 1 is 1.24 bits per heavy atom. The number of rotatable bonds is 3. The smallest absolute Gasteiger partial charge is 0.287 e. The highest BCUT2D eigenvalue weighted by atomic mass is 35.5. The minimum Gasteiger partial charge on any atom is -0.339 e. The summed E-state index contributed by atoms with van der Waals surface area (Å²) in [6, 6.07) is 10.1. The van der Waals surface area contributed by atoms with Crippen molar-refractivity contribution in [3.05, 3.63) is 57.7 Å². The summed E-state index contributed by atoms with van der Waals surface area (Å²) in [7, 11) is 0. The molecule has 86 valence electrons. The molecule has 0 radical (unpaired) electrons. The van der Waals surface area contributed by atoms with Crippen LogP contribution in [0, 0.1) is 10.1 Å². The van der Waals surface area contributed by atoms with Crippen LogP contribution in [0.15, 0.2) is 42.6 Å². The standard InChI is InChI=1S/C11H8ClN3O2/c12-9-3-1-2-4-10(9)14-11-6-5-8(7-13-11)15(16)17/h1-7H,(H,13,14). The molecule has 0 saturated heterocycles. The Morgan fingerprint density at radius 3 is 2.59 bits per heavy atom. The monoisotopic (exact) mass is 249 g/mol. The number of aromatic nitrogens is 1. The van der Waals surface area contributed by atoms with Crippen molar-refractivity contribution < 1.29 is 4.92 Å². The fourth-order valence-corrected chi connectivity index (χ4v) is 1.45. The van der Waals surface area contributed by atoms with E-state index in [4.69, 9.17) is 11.6 Å². The minimum absolute atomic E-state index is 0.0466. The van der Waals surface area contributed by atoms with Gasteiger partial charge in [0, 0.05) is 6.07 Å². The third-order valence-electron chi connectivity index (χ3n) is 2.10. The van der Waals surface area contributed by atoms with Gasteiger partial charge in [0.2, 0.25) is 0 Å². The van der Waals surface area contributed by atoms with Gasteiger partial charge in [-0.2, -0.15) is 0 Å². The van der Waals surface area contributed by atoms with Crippen LogP contribution >= 0.6 is 11.6 Å². The lowest BCUT2D eigenvalue weighted by molar-refractivity contribution is -0.385. The molecular formula is C11H8ClN3O2. The third-order valence-corrected chi connectivity index (χ3v) is 2.42. The van der Waals surface area contributed by atoms with Gasteiger partial charge in [0.15, 0.2) is 0 Å². The van der Waals surface area contributed by atoms with E-state index in [2.05, 4.69) is 10.3 Å². The van der Waals surface area contributed by atoms with Gasteiger partial charge < -0.3 is 5.32 Å². The van der Waals surface area contributed by atoms with E-state index in [0.717, 1.165) is 0 Å². The molecular weight excluding hydrogens is 242 g/mol. The van der Waals surface area contributed by atoms with E-state index in [1.54, 1.807) is 12.1 Å². The van der Waals surface area contributed by atoms with Crippen molar-refractivity contribution in [2.75, 3.05) is 5.32 Å². The molecule has 2 rings (SSSR count). The molecule has 1 aromatic carbocycles. The highest BCUT2D eigenvalue weighted by Gasteiger charge is 2.06. The lowest BCUT2D eigenvalue weighted by atomic mass is 10.3. The number of hydrogen-bond acceptors (Lipinski definition) is 4. The first-order valence-corrected chi connectivity index (χ1v) is 5.16. The molecule has 0 aliphatic rings. The Kier molecular flexibility index (Phi) is 3.20. The minimum atomic E-state index is -0.494. The zero-order valence-electron chi connectivity index (χ0n) is 8.63. The SMILES string of the molecule is O=[N+]([O-])c1ccc(Nc2ccccc2Cl)nc1. The molecule has 6 heteroatoms. The second-order valence-electron chi connectivity index (χ2n) is 3.26. The summed E-state index contributed by atoms with van der Waals surface area (Å²) in [5, 5.41) is 14.0. The maximum absolute atomic E-state index is 10.4.